The molecular formula is C11H10Cl2N2O2S2. The van der Waals surface area contributed by atoms with Crippen molar-refractivity contribution in [2.45, 2.75) is 18.4 Å². The summed E-state index contributed by atoms with van der Waals surface area (Å²) in [4.78, 5) is 4.07. The van der Waals surface area contributed by atoms with Gasteiger partial charge < -0.3 is 0 Å². The zero-order valence-corrected chi connectivity index (χ0v) is 13.0. The molecule has 0 atom stereocenters. The zero-order valence-electron chi connectivity index (χ0n) is 9.85. The molecule has 0 amide bonds. The minimum atomic E-state index is -3.76. The summed E-state index contributed by atoms with van der Waals surface area (Å²) < 4.78 is 26.7. The molecule has 19 heavy (non-hydrogen) atoms. The highest BCUT2D eigenvalue weighted by Crippen LogP contribution is 2.28. The Morgan fingerprint density at radius 1 is 1.32 bits per heavy atom. The minimum Gasteiger partial charge on any atom is -0.245 e. The average Bonchev–Trinajstić information content (AvgIpc) is 2.72. The topological polar surface area (TPSA) is 59.1 Å². The van der Waals surface area contributed by atoms with Crippen LogP contribution in [0.25, 0.3) is 0 Å². The maximum Gasteiger partial charge on any atom is 0.243 e. The molecule has 102 valence electrons. The quantitative estimate of drug-likeness (QED) is 0.932. The fraction of sp³-hybridized carbons (Fsp3) is 0.182. The third kappa shape index (κ3) is 3.46. The van der Waals surface area contributed by atoms with Gasteiger partial charge in [0.15, 0.2) is 0 Å². The smallest absolute Gasteiger partial charge is 0.243 e. The first kappa shape index (κ1) is 14.7. The van der Waals surface area contributed by atoms with Crippen molar-refractivity contribution in [2.75, 3.05) is 0 Å². The van der Waals surface area contributed by atoms with E-state index in [1.807, 2.05) is 6.92 Å². The second-order valence-electron chi connectivity index (χ2n) is 3.73. The lowest BCUT2D eigenvalue weighted by atomic mass is 10.4. The summed E-state index contributed by atoms with van der Waals surface area (Å²) >= 11 is 13.2. The number of halogens is 2. The molecular weight excluding hydrogens is 327 g/mol. The molecule has 0 unspecified atom stereocenters. The van der Waals surface area contributed by atoms with Gasteiger partial charge in [-0.1, -0.05) is 29.3 Å². The van der Waals surface area contributed by atoms with Crippen LogP contribution in [-0.2, 0) is 16.6 Å². The second kappa shape index (κ2) is 5.76. The molecule has 0 aliphatic rings. The molecule has 4 nitrogen and oxygen atoms in total. The van der Waals surface area contributed by atoms with Crippen molar-refractivity contribution < 1.29 is 8.42 Å². The summed E-state index contributed by atoms with van der Waals surface area (Å²) in [6.07, 6.45) is 0. The molecule has 0 fully saturated rings. The van der Waals surface area contributed by atoms with Crippen molar-refractivity contribution in [1.29, 1.82) is 0 Å². The molecule has 0 bridgehead atoms. The predicted molar refractivity (Wildman–Crippen MR) is 77.3 cm³/mol. The lowest BCUT2D eigenvalue weighted by molar-refractivity contribution is 0.580. The summed E-state index contributed by atoms with van der Waals surface area (Å²) in [7, 11) is -3.76. The maximum absolute atomic E-state index is 12.1. The predicted octanol–water partition coefficient (Wildman–Crippen LogP) is 3.24. The van der Waals surface area contributed by atoms with Crippen LogP contribution in [0.5, 0.6) is 0 Å². The van der Waals surface area contributed by atoms with Crippen LogP contribution >= 0.6 is 34.5 Å². The summed E-state index contributed by atoms with van der Waals surface area (Å²) in [5.41, 5.74) is 0.661. The molecule has 0 saturated heterocycles. The number of hydrogen-bond donors (Lipinski definition) is 1. The standard InChI is InChI=1S/C11H10Cl2N2O2S2/c1-7-15-8(6-18-7)5-14-19(16,17)11-9(12)3-2-4-10(11)13/h2-4,6,14H,5H2,1H3. The van der Waals surface area contributed by atoms with Gasteiger partial charge in [0.05, 0.1) is 27.3 Å². The third-order valence-corrected chi connectivity index (χ3v) is 5.48. The van der Waals surface area contributed by atoms with Crippen LogP contribution in [0.3, 0.4) is 0 Å². The van der Waals surface area contributed by atoms with Crippen LogP contribution in [0, 0.1) is 6.92 Å². The molecule has 1 aromatic heterocycles. The Morgan fingerprint density at radius 2 is 1.95 bits per heavy atom. The molecule has 1 aromatic carbocycles. The Balaban J connectivity index is 2.23. The van der Waals surface area contributed by atoms with Gasteiger partial charge in [-0.05, 0) is 19.1 Å². The minimum absolute atomic E-state index is 0.0921. The molecule has 0 aliphatic carbocycles. The molecule has 8 heteroatoms. The number of hydrogen-bond acceptors (Lipinski definition) is 4. The van der Waals surface area contributed by atoms with Crippen molar-refractivity contribution >= 4 is 44.6 Å². The van der Waals surface area contributed by atoms with Crippen LogP contribution in [0.1, 0.15) is 10.7 Å². The van der Waals surface area contributed by atoms with Gasteiger partial charge in [-0.2, -0.15) is 0 Å². The van der Waals surface area contributed by atoms with E-state index < -0.39 is 10.0 Å². The molecule has 0 saturated carbocycles. The number of nitrogens with one attached hydrogen (secondary N) is 1. The Labute approximate surface area is 125 Å². The van der Waals surface area contributed by atoms with Crippen molar-refractivity contribution in [3.05, 3.63) is 44.3 Å². The van der Waals surface area contributed by atoms with Crippen molar-refractivity contribution in [3.8, 4) is 0 Å². The monoisotopic (exact) mass is 336 g/mol. The van der Waals surface area contributed by atoms with Crippen molar-refractivity contribution in [2.24, 2.45) is 0 Å². The number of nitrogens with zero attached hydrogens (tertiary/aromatic N) is 1. The van der Waals surface area contributed by atoms with Gasteiger partial charge in [0.1, 0.15) is 4.90 Å². The van der Waals surface area contributed by atoms with E-state index in [1.165, 1.54) is 23.5 Å². The van der Waals surface area contributed by atoms with E-state index in [0.29, 0.717) is 5.69 Å². The van der Waals surface area contributed by atoms with E-state index in [0.717, 1.165) is 5.01 Å². The molecule has 0 spiro atoms. The van der Waals surface area contributed by atoms with Gasteiger partial charge in [-0.25, -0.2) is 18.1 Å². The fourth-order valence-electron chi connectivity index (χ4n) is 1.47. The van der Waals surface area contributed by atoms with E-state index in [9.17, 15) is 8.42 Å². The van der Waals surface area contributed by atoms with E-state index in [4.69, 9.17) is 23.2 Å². The lowest BCUT2D eigenvalue weighted by Gasteiger charge is -2.08. The van der Waals surface area contributed by atoms with Crippen LogP contribution in [0.2, 0.25) is 10.0 Å². The van der Waals surface area contributed by atoms with Crippen molar-refractivity contribution in [3.63, 3.8) is 0 Å². The summed E-state index contributed by atoms with van der Waals surface area (Å²) in [6.45, 7) is 1.96. The first-order chi connectivity index (χ1) is 8.90. The molecule has 0 aliphatic heterocycles. The van der Waals surface area contributed by atoms with E-state index >= 15 is 0 Å². The first-order valence-electron chi connectivity index (χ1n) is 5.25. The van der Waals surface area contributed by atoms with Gasteiger partial charge in [0.25, 0.3) is 0 Å². The highest BCUT2D eigenvalue weighted by molar-refractivity contribution is 7.89. The number of sulfonamides is 1. The van der Waals surface area contributed by atoms with Crippen LogP contribution in [0.4, 0.5) is 0 Å². The second-order valence-corrected chi connectivity index (χ2v) is 7.31. The van der Waals surface area contributed by atoms with Crippen molar-refractivity contribution in [1.82, 2.24) is 9.71 Å². The SMILES string of the molecule is Cc1nc(CNS(=O)(=O)c2c(Cl)cccc2Cl)cs1. The zero-order chi connectivity index (χ0) is 14.0. The molecule has 0 radical (unpaired) electrons. The van der Waals surface area contributed by atoms with Crippen LogP contribution in [-0.4, -0.2) is 13.4 Å². The number of thiazole rings is 1. The molecule has 1 N–H and O–H groups in total. The maximum atomic E-state index is 12.1. The lowest BCUT2D eigenvalue weighted by Crippen LogP contribution is -2.24. The normalized spacial score (nSPS) is 11.7. The Hall–Kier alpha value is -0.660. The van der Waals surface area contributed by atoms with Gasteiger partial charge in [0, 0.05) is 5.38 Å². The van der Waals surface area contributed by atoms with Gasteiger partial charge >= 0.3 is 0 Å². The molecule has 2 rings (SSSR count). The average molecular weight is 337 g/mol. The molecule has 1 heterocycles. The van der Waals surface area contributed by atoms with Gasteiger partial charge in [0.2, 0.25) is 10.0 Å². The number of aryl methyl sites for hydroxylation is 1. The van der Waals surface area contributed by atoms with E-state index in [2.05, 4.69) is 9.71 Å². The largest absolute Gasteiger partial charge is 0.245 e. The van der Waals surface area contributed by atoms with Crippen LogP contribution < -0.4 is 4.72 Å². The summed E-state index contributed by atoms with van der Waals surface area (Å²) in [5, 5.41) is 2.86. The van der Waals surface area contributed by atoms with E-state index in [1.54, 1.807) is 11.4 Å². The van der Waals surface area contributed by atoms with E-state index in [-0.39, 0.29) is 21.5 Å². The summed E-state index contributed by atoms with van der Waals surface area (Å²) in [6, 6.07) is 4.55. The summed E-state index contributed by atoms with van der Waals surface area (Å²) in [5.74, 6) is 0. The number of aromatic nitrogens is 1. The highest BCUT2D eigenvalue weighted by Gasteiger charge is 2.21. The number of rotatable bonds is 4. The first-order valence-corrected chi connectivity index (χ1v) is 8.37. The van der Waals surface area contributed by atoms with Gasteiger partial charge in [-0.15, -0.1) is 11.3 Å². The Bertz CT molecular complexity index is 678. The third-order valence-electron chi connectivity index (χ3n) is 2.30. The Kier molecular flexibility index (Phi) is 4.47. The Morgan fingerprint density at radius 3 is 2.47 bits per heavy atom. The number of benzene rings is 1. The fourth-order valence-corrected chi connectivity index (χ4v) is 4.22. The van der Waals surface area contributed by atoms with Crippen LogP contribution in [0.15, 0.2) is 28.5 Å². The molecule has 2 aromatic rings. The van der Waals surface area contributed by atoms with Gasteiger partial charge in [-0.3, -0.25) is 0 Å². The highest BCUT2D eigenvalue weighted by atomic mass is 35.5.